The number of aryl methyl sites for hydroxylation is 1. The van der Waals surface area contributed by atoms with Crippen molar-refractivity contribution in [3.05, 3.63) is 94.9 Å². The van der Waals surface area contributed by atoms with Gasteiger partial charge >= 0.3 is 0 Å². The summed E-state index contributed by atoms with van der Waals surface area (Å²) in [7, 11) is 0. The van der Waals surface area contributed by atoms with Crippen LogP contribution in [-0.2, 0) is 17.8 Å². The van der Waals surface area contributed by atoms with Gasteiger partial charge in [0, 0.05) is 23.3 Å². The maximum atomic E-state index is 13.1. The van der Waals surface area contributed by atoms with Gasteiger partial charge in [0.2, 0.25) is 11.7 Å². The van der Waals surface area contributed by atoms with Crippen molar-refractivity contribution in [2.24, 2.45) is 0 Å². The fraction of sp³-hybridized carbons (Fsp3) is 0.115. The molecule has 0 atom stereocenters. The van der Waals surface area contributed by atoms with Crippen LogP contribution < -0.4 is 10.9 Å². The van der Waals surface area contributed by atoms with E-state index in [-0.39, 0.29) is 23.9 Å². The van der Waals surface area contributed by atoms with Crippen molar-refractivity contribution in [3.8, 4) is 23.0 Å². The number of hydrogen-bond acceptors (Lipinski definition) is 6. The highest BCUT2D eigenvalue weighted by molar-refractivity contribution is 5.95. The Bertz CT molecular complexity index is 1520. The summed E-state index contributed by atoms with van der Waals surface area (Å²) in [6.45, 7) is 1.95. The zero-order valence-electron chi connectivity index (χ0n) is 18.4. The van der Waals surface area contributed by atoms with Gasteiger partial charge in [-0.05, 0) is 42.3 Å². The number of nitrogens with zero attached hydrogens (tertiary/aromatic N) is 4. The lowest BCUT2D eigenvalue weighted by Gasteiger charge is -2.12. The van der Waals surface area contributed by atoms with Crippen molar-refractivity contribution in [1.82, 2.24) is 19.7 Å². The normalized spacial score (nSPS) is 11.0. The zero-order chi connectivity index (χ0) is 23.5. The van der Waals surface area contributed by atoms with Gasteiger partial charge in [-0.15, -0.1) is 0 Å². The van der Waals surface area contributed by atoms with Gasteiger partial charge in [0.1, 0.15) is 12.2 Å². The summed E-state index contributed by atoms with van der Waals surface area (Å²) in [6, 6.07) is 21.8. The van der Waals surface area contributed by atoms with Gasteiger partial charge in [0.25, 0.3) is 11.4 Å². The quantitative estimate of drug-likeness (QED) is 0.413. The second-order valence-corrected chi connectivity index (χ2v) is 7.74. The number of carbonyl (C=O) groups excluding carboxylic acids is 1. The first-order valence-electron chi connectivity index (χ1n) is 10.9. The van der Waals surface area contributed by atoms with Crippen molar-refractivity contribution in [2.45, 2.75) is 19.9 Å². The van der Waals surface area contributed by atoms with E-state index in [1.807, 2.05) is 48.5 Å². The standard InChI is InChI=1S/C26H21N5O3/c1-2-17-10-12-18(13-11-17)28-23(32)16-31-22-9-4-3-7-19(22)20(15-24(31)33)26-29-25(30-34-26)21-8-5-6-14-27-21/h3-15H,2,16H2,1H3,(H,28,32). The van der Waals surface area contributed by atoms with Gasteiger partial charge in [-0.3, -0.25) is 19.1 Å². The van der Waals surface area contributed by atoms with Crippen LogP contribution in [0.3, 0.4) is 0 Å². The van der Waals surface area contributed by atoms with Crippen molar-refractivity contribution < 1.29 is 9.32 Å². The summed E-state index contributed by atoms with van der Waals surface area (Å²) in [6.07, 6.45) is 2.57. The number of aromatic nitrogens is 4. The molecule has 8 heteroatoms. The molecule has 34 heavy (non-hydrogen) atoms. The Morgan fingerprint density at radius 2 is 1.82 bits per heavy atom. The molecule has 168 valence electrons. The minimum atomic E-state index is -0.345. The Hall–Kier alpha value is -4.59. The lowest BCUT2D eigenvalue weighted by atomic mass is 10.1. The first kappa shape index (κ1) is 21.3. The molecule has 0 unspecified atom stereocenters. The summed E-state index contributed by atoms with van der Waals surface area (Å²) in [5.41, 5.74) is 3.19. The average Bonchev–Trinajstić information content (AvgIpc) is 3.37. The second kappa shape index (κ2) is 9.11. The van der Waals surface area contributed by atoms with Crippen LogP contribution in [0.1, 0.15) is 12.5 Å². The predicted octanol–water partition coefficient (Wildman–Crippen LogP) is 4.31. The molecule has 0 bridgehead atoms. The fourth-order valence-electron chi connectivity index (χ4n) is 3.77. The van der Waals surface area contributed by atoms with E-state index in [2.05, 4.69) is 27.4 Å². The van der Waals surface area contributed by atoms with Gasteiger partial charge in [-0.2, -0.15) is 4.98 Å². The van der Waals surface area contributed by atoms with E-state index in [4.69, 9.17) is 4.52 Å². The van der Waals surface area contributed by atoms with Crippen LogP contribution >= 0.6 is 0 Å². The molecule has 0 fully saturated rings. The molecule has 0 aliphatic heterocycles. The second-order valence-electron chi connectivity index (χ2n) is 7.74. The van der Waals surface area contributed by atoms with Crippen molar-refractivity contribution in [3.63, 3.8) is 0 Å². The highest BCUT2D eigenvalue weighted by Gasteiger charge is 2.18. The zero-order valence-corrected chi connectivity index (χ0v) is 18.4. The molecule has 0 spiro atoms. The molecule has 1 N–H and O–H groups in total. The number of anilines is 1. The molecule has 5 aromatic rings. The molecule has 0 radical (unpaired) electrons. The Balaban J connectivity index is 1.48. The first-order valence-corrected chi connectivity index (χ1v) is 10.9. The Kier molecular flexibility index (Phi) is 5.70. The van der Waals surface area contributed by atoms with Crippen molar-refractivity contribution in [1.29, 1.82) is 0 Å². The van der Waals surface area contributed by atoms with Crippen LogP contribution in [0.4, 0.5) is 5.69 Å². The number of rotatable bonds is 6. The lowest BCUT2D eigenvalue weighted by Crippen LogP contribution is -2.27. The lowest BCUT2D eigenvalue weighted by molar-refractivity contribution is -0.116. The van der Waals surface area contributed by atoms with Gasteiger partial charge in [0.15, 0.2) is 0 Å². The summed E-state index contributed by atoms with van der Waals surface area (Å²) in [5, 5.41) is 7.58. The summed E-state index contributed by atoms with van der Waals surface area (Å²) in [5.74, 6) is 0.248. The Morgan fingerprint density at radius 3 is 2.59 bits per heavy atom. The first-order chi connectivity index (χ1) is 16.6. The van der Waals surface area contributed by atoms with E-state index in [0.717, 1.165) is 11.8 Å². The molecule has 0 saturated carbocycles. The highest BCUT2D eigenvalue weighted by Crippen LogP contribution is 2.27. The average molecular weight is 451 g/mol. The molecule has 1 amide bonds. The Morgan fingerprint density at radius 1 is 1.03 bits per heavy atom. The number of hydrogen-bond donors (Lipinski definition) is 1. The van der Waals surface area contributed by atoms with Crippen LogP contribution in [0.15, 0.2) is 88.3 Å². The largest absolute Gasteiger partial charge is 0.334 e. The van der Waals surface area contributed by atoms with E-state index < -0.39 is 0 Å². The number of nitrogens with one attached hydrogen (secondary N) is 1. The summed E-state index contributed by atoms with van der Waals surface area (Å²) < 4.78 is 6.89. The van der Waals surface area contributed by atoms with Crippen LogP contribution in [-0.4, -0.2) is 25.6 Å². The molecule has 0 aliphatic rings. The smallest absolute Gasteiger partial charge is 0.259 e. The molecule has 3 aromatic heterocycles. The van der Waals surface area contributed by atoms with E-state index in [1.54, 1.807) is 24.4 Å². The number of fused-ring (bicyclic) bond motifs is 1. The number of para-hydroxylation sites is 1. The fourth-order valence-corrected chi connectivity index (χ4v) is 3.77. The van der Waals surface area contributed by atoms with Crippen molar-refractivity contribution >= 4 is 22.5 Å². The highest BCUT2D eigenvalue weighted by atomic mass is 16.5. The van der Waals surface area contributed by atoms with Crippen LogP contribution in [0.5, 0.6) is 0 Å². The topological polar surface area (TPSA) is 103 Å². The molecule has 2 aromatic carbocycles. The van der Waals surface area contributed by atoms with Gasteiger partial charge in [-0.25, -0.2) is 0 Å². The van der Waals surface area contributed by atoms with Gasteiger partial charge < -0.3 is 9.84 Å². The third-order valence-corrected chi connectivity index (χ3v) is 5.52. The number of carbonyl (C=O) groups is 1. The van der Waals surface area contributed by atoms with Gasteiger partial charge in [-0.1, -0.05) is 48.5 Å². The van der Waals surface area contributed by atoms with Crippen LogP contribution in [0, 0.1) is 0 Å². The molecular weight excluding hydrogens is 430 g/mol. The molecule has 0 aliphatic carbocycles. The summed E-state index contributed by atoms with van der Waals surface area (Å²) in [4.78, 5) is 34.5. The third kappa shape index (κ3) is 4.21. The minimum absolute atomic E-state index is 0.127. The molecule has 3 heterocycles. The van der Waals surface area contributed by atoms with E-state index in [0.29, 0.717) is 28.3 Å². The van der Waals surface area contributed by atoms with Gasteiger partial charge in [0.05, 0.1) is 11.1 Å². The number of benzene rings is 2. The minimum Gasteiger partial charge on any atom is -0.334 e. The van der Waals surface area contributed by atoms with Crippen LogP contribution in [0.25, 0.3) is 33.9 Å². The predicted molar refractivity (Wildman–Crippen MR) is 129 cm³/mol. The van der Waals surface area contributed by atoms with E-state index in [1.165, 1.54) is 16.2 Å². The molecule has 5 rings (SSSR count). The monoisotopic (exact) mass is 451 g/mol. The molecular formula is C26H21N5O3. The maximum Gasteiger partial charge on any atom is 0.259 e. The SMILES string of the molecule is CCc1ccc(NC(=O)Cn2c(=O)cc(-c3nc(-c4ccccn4)no3)c3ccccc32)cc1. The Labute approximate surface area is 194 Å². The maximum absolute atomic E-state index is 13.1. The van der Waals surface area contributed by atoms with E-state index >= 15 is 0 Å². The van der Waals surface area contributed by atoms with Crippen LogP contribution in [0.2, 0.25) is 0 Å². The molecule has 8 nitrogen and oxygen atoms in total. The van der Waals surface area contributed by atoms with E-state index in [9.17, 15) is 9.59 Å². The van der Waals surface area contributed by atoms with Crippen molar-refractivity contribution in [2.75, 3.05) is 5.32 Å². The summed E-state index contributed by atoms with van der Waals surface area (Å²) >= 11 is 0. The number of amides is 1. The molecule has 0 saturated heterocycles. The third-order valence-electron chi connectivity index (χ3n) is 5.52. The number of pyridine rings is 2.